The Bertz CT molecular complexity index is 290. The van der Waals surface area contributed by atoms with E-state index in [1.54, 1.807) is 0 Å². The highest BCUT2D eigenvalue weighted by atomic mass is 79.9. The van der Waals surface area contributed by atoms with Crippen LogP contribution in [0.5, 0.6) is 0 Å². The van der Waals surface area contributed by atoms with Gasteiger partial charge in [0.25, 0.3) is 0 Å². The Kier molecular flexibility index (Phi) is 7.57. The van der Waals surface area contributed by atoms with Gasteiger partial charge in [-0.1, -0.05) is 56.1 Å². The Morgan fingerprint density at radius 2 is 1.68 bits per heavy atom. The lowest BCUT2D eigenvalue weighted by molar-refractivity contribution is 0.0788. The number of allylic oxidation sites excluding steroid dienone is 1. The van der Waals surface area contributed by atoms with Gasteiger partial charge < -0.3 is 4.43 Å². The lowest BCUT2D eigenvalue weighted by Crippen LogP contribution is -2.47. The minimum absolute atomic E-state index is 0.000832. The van der Waals surface area contributed by atoms with Crippen molar-refractivity contribution in [2.75, 3.05) is 0 Å². The summed E-state index contributed by atoms with van der Waals surface area (Å²) in [5.74, 6) is 0.642. The zero-order valence-electron chi connectivity index (χ0n) is 14.1. The second-order valence-corrected chi connectivity index (χ2v) is 13.1. The van der Waals surface area contributed by atoms with Crippen LogP contribution in [0.3, 0.4) is 0 Å². The van der Waals surface area contributed by atoms with Crippen molar-refractivity contribution in [3.63, 3.8) is 0 Å². The molecule has 114 valence electrons. The van der Waals surface area contributed by atoms with Gasteiger partial charge in [0.05, 0.1) is 5.60 Å². The summed E-state index contributed by atoms with van der Waals surface area (Å²) in [6, 6.07) is 0. The summed E-state index contributed by atoms with van der Waals surface area (Å²) >= 11 is 3.34. The molecule has 0 amide bonds. The van der Waals surface area contributed by atoms with E-state index >= 15 is 0 Å². The molecule has 0 aliphatic carbocycles. The SMILES string of the molecule is CC(/C=C\Br)CCCC(C)(C)O[Si](C)(C)C(C)(C)C. The predicted octanol–water partition coefficient (Wildman–Crippen LogP) is 6.50. The first kappa shape index (κ1) is 19.4. The van der Waals surface area contributed by atoms with Crippen LogP contribution in [0.4, 0.5) is 0 Å². The molecule has 0 saturated carbocycles. The Morgan fingerprint density at radius 3 is 2.11 bits per heavy atom. The van der Waals surface area contributed by atoms with Crippen LogP contribution in [0.15, 0.2) is 11.1 Å². The van der Waals surface area contributed by atoms with Gasteiger partial charge in [-0.05, 0) is 55.7 Å². The molecule has 0 aromatic rings. The first-order chi connectivity index (χ1) is 8.41. The molecule has 0 spiro atoms. The van der Waals surface area contributed by atoms with Gasteiger partial charge in [0.1, 0.15) is 0 Å². The smallest absolute Gasteiger partial charge is 0.192 e. The molecule has 1 atom stereocenters. The summed E-state index contributed by atoms with van der Waals surface area (Å²) in [5, 5.41) is 0.288. The third-order valence-electron chi connectivity index (χ3n) is 4.18. The number of rotatable bonds is 7. The van der Waals surface area contributed by atoms with Crippen molar-refractivity contribution in [3.05, 3.63) is 11.1 Å². The maximum absolute atomic E-state index is 6.54. The van der Waals surface area contributed by atoms with Crippen molar-refractivity contribution in [1.82, 2.24) is 0 Å². The summed E-state index contributed by atoms with van der Waals surface area (Å²) in [5.41, 5.74) is 0.000832. The van der Waals surface area contributed by atoms with E-state index in [1.165, 1.54) is 12.8 Å². The Hall–Kier alpha value is 0.397. The maximum atomic E-state index is 6.54. The lowest BCUT2D eigenvalue weighted by Gasteiger charge is -2.43. The molecule has 0 bridgehead atoms. The molecule has 1 unspecified atom stereocenters. The minimum Gasteiger partial charge on any atom is -0.412 e. The standard InChI is InChI=1S/C16H33BrOSi/c1-14(11-13-17)10-9-12-16(5,6)18-19(7,8)15(2,3)4/h11,13-14H,9-10,12H2,1-8H3/b13-11-. The lowest BCUT2D eigenvalue weighted by atomic mass is 9.97. The van der Waals surface area contributed by atoms with Crippen LogP contribution in [0.1, 0.15) is 60.8 Å². The van der Waals surface area contributed by atoms with Gasteiger partial charge in [-0.25, -0.2) is 0 Å². The van der Waals surface area contributed by atoms with Gasteiger partial charge in [0.2, 0.25) is 0 Å². The average Bonchev–Trinajstić information content (AvgIpc) is 2.13. The first-order valence-corrected chi connectivity index (χ1v) is 11.2. The molecule has 0 rings (SSSR count). The van der Waals surface area contributed by atoms with Crippen molar-refractivity contribution >= 4 is 24.2 Å². The van der Waals surface area contributed by atoms with Gasteiger partial charge in [-0.2, -0.15) is 0 Å². The normalized spacial score (nSPS) is 16.1. The Morgan fingerprint density at radius 1 is 1.16 bits per heavy atom. The second-order valence-electron chi connectivity index (χ2n) is 7.81. The third kappa shape index (κ3) is 7.67. The molecule has 0 N–H and O–H groups in total. The predicted molar refractivity (Wildman–Crippen MR) is 93.4 cm³/mol. The number of hydrogen-bond acceptors (Lipinski definition) is 1. The van der Waals surface area contributed by atoms with Gasteiger partial charge in [-0.15, -0.1) is 0 Å². The Labute approximate surface area is 130 Å². The van der Waals surface area contributed by atoms with Crippen molar-refractivity contribution in [2.45, 2.75) is 84.5 Å². The van der Waals surface area contributed by atoms with Crippen LogP contribution < -0.4 is 0 Å². The number of hydrogen-bond donors (Lipinski definition) is 0. The van der Waals surface area contributed by atoms with Crippen molar-refractivity contribution in [1.29, 1.82) is 0 Å². The van der Waals surface area contributed by atoms with E-state index in [2.05, 4.69) is 76.6 Å². The van der Waals surface area contributed by atoms with Gasteiger partial charge >= 0.3 is 0 Å². The highest BCUT2D eigenvalue weighted by Gasteiger charge is 2.41. The zero-order chi connectivity index (χ0) is 15.3. The van der Waals surface area contributed by atoms with E-state index in [1.807, 2.05) is 4.99 Å². The van der Waals surface area contributed by atoms with Crippen LogP contribution in [0.25, 0.3) is 0 Å². The molecule has 0 aromatic carbocycles. The zero-order valence-corrected chi connectivity index (χ0v) is 16.7. The molecule has 0 aliphatic heterocycles. The fourth-order valence-corrected chi connectivity index (χ4v) is 4.28. The molecule has 0 aliphatic rings. The molecule has 0 heterocycles. The van der Waals surface area contributed by atoms with Crippen LogP contribution in [0, 0.1) is 5.92 Å². The van der Waals surface area contributed by atoms with Crippen molar-refractivity contribution in [3.8, 4) is 0 Å². The van der Waals surface area contributed by atoms with Gasteiger partial charge in [0.15, 0.2) is 8.32 Å². The maximum Gasteiger partial charge on any atom is 0.192 e. The molecule has 0 saturated heterocycles. The largest absolute Gasteiger partial charge is 0.412 e. The van der Waals surface area contributed by atoms with E-state index in [0.29, 0.717) is 5.92 Å². The topological polar surface area (TPSA) is 9.23 Å². The van der Waals surface area contributed by atoms with Crippen molar-refractivity contribution < 1.29 is 4.43 Å². The monoisotopic (exact) mass is 348 g/mol. The first-order valence-electron chi connectivity index (χ1n) is 7.38. The summed E-state index contributed by atoms with van der Waals surface area (Å²) < 4.78 is 6.54. The molecular weight excluding hydrogens is 316 g/mol. The van der Waals surface area contributed by atoms with E-state index in [-0.39, 0.29) is 10.6 Å². The highest BCUT2D eigenvalue weighted by molar-refractivity contribution is 9.11. The molecular formula is C16H33BrOSi. The fourth-order valence-electron chi connectivity index (χ4n) is 1.97. The molecule has 1 nitrogen and oxygen atoms in total. The highest BCUT2D eigenvalue weighted by Crippen LogP contribution is 2.40. The number of halogens is 1. The molecule has 3 heteroatoms. The molecule has 0 aromatic heterocycles. The molecule has 19 heavy (non-hydrogen) atoms. The van der Waals surface area contributed by atoms with Gasteiger partial charge in [-0.3, -0.25) is 0 Å². The minimum atomic E-state index is -1.65. The van der Waals surface area contributed by atoms with E-state index in [4.69, 9.17) is 4.43 Å². The Balaban J connectivity index is 4.33. The molecule has 0 radical (unpaired) electrons. The van der Waals surface area contributed by atoms with E-state index in [9.17, 15) is 0 Å². The van der Waals surface area contributed by atoms with Crippen LogP contribution >= 0.6 is 15.9 Å². The summed E-state index contributed by atoms with van der Waals surface area (Å²) in [6.07, 6.45) is 5.80. The van der Waals surface area contributed by atoms with E-state index in [0.717, 1.165) is 6.42 Å². The second kappa shape index (κ2) is 7.42. The van der Waals surface area contributed by atoms with Crippen molar-refractivity contribution in [2.24, 2.45) is 5.92 Å². The van der Waals surface area contributed by atoms with E-state index < -0.39 is 8.32 Å². The third-order valence-corrected chi connectivity index (χ3v) is 9.16. The molecule has 0 fully saturated rings. The van der Waals surface area contributed by atoms with Gasteiger partial charge in [0, 0.05) is 0 Å². The average molecular weight is 349 g/mol. The summed E-state index contributed by atoms with van der Waals surface area (Å²) in [7, 11) is -1.65. The van der Waals surface area contributed by atoms with Crippen LogP contribution in [0.2, 0.25) is 18.1 Å². The van der Waals surface area contributed by atoms with Crippen LogP contribution in [-0.2, 0) is 4.43 Å². The quantitative estimate of drug-likeness (QED) is 0.477. The fraction of sp³-hybridized carbons (Fsp3) is 0.875. The summed E-state index contributed by atoms with van der Waals surface area (Å²) in [4.78, 5) is 1.97. The van der Waals surface area contributed by atoms with Crippen LogP contribution in [-0.4, -0.2) is 13.9 Å². The summed E-state index contributed by atoms with van der Waals surface area (Å²) in [6.45, 7) is 18.3.